The number of halogens is 1. The monoisotopic (exact) mass is 663 g/mol. The summed E-state index contributed by atoms with van der Waals surface area (Å²) in [6.45, 7) is 14.1. The molecule has 1 aromatic carbocycles. The first-order valence-corrected chi connectivity index (χ1v) is 15.6. The summed E-state index contributed by atoms with van der Waals surface area (Å²) in [5, 5.41) is 10.1. The molecule has 254 valence electrons. The van der Waals surface area contributed by atoms with Crippen LogP contribution in [0.3, 0.4) is 0 Å². The highest BCUT2D eigenvalue weighted by Crippen LogP contribution is 2.41. The number of primary amides is 1. The van der Waals surface area contributed by atoms with Crippen molar-refractivity contribution < 1.29 is 38.3 Å². The van der Waals surface area contributed by atoms with Gasteiger partial charge in [-0.15, -0.1) is 0 Å². The van der Waals surface area contributed by atoms with E-state index in [1.165, 1.54) is 12.0 Å². The molecule has 1 fully saturated rings. The lowest BCUT2D eigenvalue weighted by molar-refractivity contribution is -0.143. The molecule has 13 nitrogen and oxygen atoms in total. The molecule has 0 bridgehead atoms. The van der Waals surface area contributed by atoms with E-state index in [4.69, 9.17) is 31.6 Å². The number of oxime groups is 1. The Labute approximate surface area is 274 Å². The van der Waals surface area contributed by atoms with Crippen LogP contribution < -0.4 is 21.1 Å². The van der Waals surface area contributed by atoms with E-state index < -0.39 is 64.3 Å². The number of hydrogen-bond acceptors (Lipinski definition) is 9. The van der Waals surface area contributed by atoms with Crippen LogP contribution in [0.1, 0.15) is 85.3 Å². The number of ketones is 1. The third-order valence-corrected chi connectivity index (χ3v) is 8.16. The maximum Gasteiger partial charge on any atom is 0.408 e. The van der Waals surface area contributed by atoms with Crippen LogP contribution in [0.15, 0.2) is 17.3 Å². The molecule has 2 heterocycles. The highest BCUT2D eigenvalue weighted by atomic mass is 35.5. The van der Waals surface area contributed by atoms with Crippen LogP contribution in [0.2, 0.25) is 5.02 Å². The zero-order chi connectivity index (χ0) is 34.8. The smallest absolute Gasteiger partial charge is 0.408 e. The normalized spacial score (nSPS) is 20.8. The quantitative estimate of drug-likeness (QED) is 0.319. The standard InChI is InChI=1S/C32H46ClN5O8/c1-10-11-20(24(39)26(34)40)35-27(41)22-15-32(14-21(37-46-32)18-13-19(33)23(44-9)12-17(18)2)16-38(22)28(42)25(30(3,4)5)36-29(43)45-31(6,7)8/h12-13,20,22,25H,10-11,14-16H2,1-9H3,(H2,34,40)(H,35,41)(H,36,43)/t20-,22-,25+,32+/m0/s1. The van der Waals surface area contributed by atoms with Gasteiger partial charge in [0.1, 0.15) is 23.4 Å². The molecule has 4 atom stereocenters. The van der Waals surface area contributed by atoms with Gasteiger partial charge in [0, 0.05) is 18.4 Å². The van der Waals surface area contributed by atoms with Gasteiger partial charge in [-0.1, -0.05) is 50.9 Å². The topological polar surface area (TPSA) is 179 Å². The van der Waals surface area contributed by atoms with Gasteiger partial charge < -0.3 is 35.6 Å². The third-order valence-electron chi connectivity index (χ3n) is 7.86. The Hall–Kier alpha value is -3.87. The minimum absolute atomic E-state index is 0.0212. The Morgan fingerprint density at radius 1 is 1.15 bits per heavy atom. The molecular weight excluding hydrogens is 618 g/mol. The van der Waals surface area contributed by atoms with E-state index in [1.54, 1.807) is 60.6 Å². The average molecular weight is 664 g/mol. The molecule has 1 aromatic rings. The van der Waals surface area contributed by atoms with E-state index in [2.05, 4.69) is 15.8 Å². The third kappa shape index (κ3) is 8.48. The number of ether oxygens (including phenoxy) is 2. The number of nitrogens with two attached hydrogens (primary N) is 1. The van der Waals surface area contributed by atoms with Crippen LogP contribution in [0.4, 0.5) is 4.79 Å². The van der Waals surface area contributed by atoms with Gasteiger partial charge >= 0.3 is 6.09 Å². The molecule has 4 amide bonds. The van der Waals surface area contributed by atoms with Crippen molar-refractivity contribution in [1.29, 1.82) is 0 Å². The van der Waals surface area contributed by atoms with Gasteiger partial charge in [0.15, 0.2) is 5.60 Å². The van der Waals surface area contributed by atoms with Gasteiger partial charge in [-0.05, 0) is 57.2 Å². The summed E-state index contributed by atoms with van der Waals surface area (Å²) < 4.78 is 10.7. The zero-order valence-electron chi connectivity index (χ0n) is 28.0. The first-order valence-electron chi connectivity index (χ1n) is 15.3. The number of methoxy groups -OCH3 is 1. The first kappa shape index (κ1) is 36.6. The fourth-order valence-corrected chi connectivity index (χ4v) is 5.87. The van der Waals surface area contributed by atoms with Gasteiger partial charge in [0.05, 0.1) is 30.4 Å². The van der Waals surface area contributed by atoms with Gasteiger partial charge in [-0.25, -0.2) is 4.79 Å². The Bertz CT molecular complexity index is 1420. The maximum absolute atomic E-state index is 14.3. The van der Waals surface area contributed by atoms with Crippen molar-refractivity contribution in [3.05, 3.63) is 28.3 Å². The lowest BCUT2D eigenvalue weighted by Crippen LogP contribution is -2.59. The Morgan fingerprint density at radius 3 is 2.35 bits per heavy atom. The number of amides is 4. The Balaban J connectivity index is 1.99. The van der Waals surface area contributed by atoms with Crippen molar-refractivity contribution in [3.63, 3.8) is 0 Å². The largest absolute Gasteiger partial charge is 0.495 e. The fraction of sp³-hybridized carbons (Fsp3) is 0.625. The minimum Gasteiger partial charge on any atom is -0.495 e. The summed E-state index contributed by atoms with van der Waals surface area (Å²) >= 11 is 6.41. The number of nitrogens with zero attached hydrogens (tertiary/aromatic N) is 2. The highest BCUT2D eigenvalue weighted by molar-refractivity contribution is 6.37. The van der Waals surface area contributed by atoms with E-state index in [1.807, 2.05) is 6.92 Å². The predicted molar refractivity (Wildman–Crippen MR) is 171 cm³/mol. The summed E-state index contributed by atoms with van der Waals surface area (Å²) in [5.41, 5.74) is 4.66. The van der Waals surface area contributed by atoms with Crippen molar-refractivity contribution in [2.45, 2.75) is 110 Å². The van der Waals surface area contributed by atoms with Crippen molar-refractivity contribution >= 4 is 46.9 Å². The van der Waals surface area contributed by atoms with Gasteiger partial charge in [-0.3, -0.25) is 19.2 Å². The molecule has 0 unspecified atom stereocenters. The lowest BCUT2D eigenvalue weighted by Gasteiger charge is -2.36. The molecule has 3 rings (SSSR count). The van der Waals surface area contributed by atoms with E-state index in [-0.39, 0.29) is 25.8 Å². The van der Waals surface area contributed by atoms with Gasteiger partial charge in [-0.2, -0.15) is 0 Å². The molecular formula is C32H46ClN5O8. The zero-order valence-corrected chi connectivity index (χ0v) is 28.8. The number of alkyl carbamates (subject to hydrolysis) is 1. The number of benzene rings is 1. The lowest BCUT2D eigenvalue weighted by atomic mass is 9.85. The average Bonchev–Trinajstić information content (AvgIpc) is 3.53. The minimum atomic E-state index is -1.17. The van der Waals surface area contributed by atoms with Gasteiger partial charge in [0.2, 0.25) is 17.6 Å². The summed E-state index contributed by atoms with van der Waals surface area (Å²) in [4.78, 5) is 72.6. The highest BCUT2D eigenvalue weighted by Gasteiger charge is 2.56. The molecule has 0 saturated carbocycles. The molecule has 2 aliphatic heterocycles. The number of carbonyl (C=O) groups is 5. The van der Waals surface area contributed by atoms with E-state index in [9.17, 15) is 24.0 Å². The van der Waals surface area contributed by atoms with Crippen LogP contribution in [0.5, 0.6) is 5.75 Å². The molecule has 0 aliphatic carbocycles. The maximum atomic E-state index is 14.3. The number of rotatable bonds is 10. The van der Waals surface area contributed by atoms with Crippen LogP contribution in [-0.4, -0.2) is 83.2 Å². The van der Waals surface area contributed by atoms with Crippen LogP contribution in [0, 0.1) is 12.3 Å². The molecule has 2 aliphatic rings. The number of hydrogen-bond donors (Lipinski definition) is 3. The molecule has 0 aromatic heterocycles. The second-order valence-electron chi connectivity index (χ2n) is 14.0. The SMILES string of the molecule is CCC[C@H](NC(=O)[C@@H]1C[C@]2(CC(c3cc(Cl)c(OC)cc3C)=NO2)CN1C(=O)[C@@H](NC(=O)OC(C)(C)C)C(C)(C)C)C(=O)C(N)=O. The van der Waals surface area contributed by atoms with E-state index in [0.29, 0.717) is 22.9 Å². The van der Waals surface area contributed by atoms with Crippen LogP contribution in [0.25, 0.3) is 0 Å². The number of aryl methyl sites for hydroxylation is 1. The van der Waals surface area contributed by atoms with Crippen molar-refractivity contribution in [3.8, 4) is 5.75 Å². The Morgan fingerprint density at radius 2 is 1.80 bits per heavy atom. The summed E-state index contributed by atoms with van der Waals surface area (Å²) in [5.74, 6) is -2.82. The van der Waals surface area contributed by atoms with E-state index in [0.717, 1.165) is 11.1 Å². The number of nitrogens with one attached hydrogen (secondary N) is 2. The van der Waals surface area contributed by atoms with Crippen LogP contribution >= 0.6 is 11.6 Å². The molecule has 1 saturated heterocycles. The van der Waals surface area contributed by atoms with Crippen LogP contribution in [-0.2, 0) is 28.8 Å². The summed E-state index contributed by atoms with van der Waals surface area (Å²) in [6.07, 6.45) is 0.124. The second-order valence-corrected chi connectivity index (χ2v) is 14.4. The molecule has 14 heteroatoms. The molecule has 0 radical (unpaired) electrons. The molecule has 4 N–H and O–H groups in total. The Kier molecular flexibility index (Phi) is 11.0. The second kappa shape index (κ2) is 13.9. The van der Waals surface area contributed by atoms with Crippen molar-refractivity contribution in [2.24, 2.45) is 16.3 Å². The first-order chi connectivity index (χ1) is 21.2. The van der Waals surface area contributed by atoms with E-state index >= 15 is 0 Å². The molecule has 1 spiro atoms. The fourth-order valence-electron chi connectivity index (χ4n) is 5.63. The number of Topliss-reactive ketones (excluding diaryl/α,β-unsaturated/α-hetero) is 1. The van der Waals surface area contributed by atoms with Crippen molar-refractivity contribution in [2.75, 3.05) is 13.7 Å². The summed E-state index contributed by atoms with van der Waals surface area (Å²) in [7, 11) is 1.52. The number of carbonyl (C=O) groups excluding carboxylic acids is 5. The van der Waals surface area contributed by atoms with Gasteiger partial charge in [0.25, 0.3) is 5.91 Å². The molecule has 46 heavy (non-hydrogen) atoms. The number of likely N-dealkylation sites (tertiary alicyclic amines) is 1. The predicted octanol–water partition coefficient (Wildman–Crippen LogP) is 3.40. The summed E-state index contributed by atoms with van der Waals surface area (Å²) in [6, 6.07) is 0.113. The van der Waals surface area contributed by atoms with Crippen molar-refractivity contribution in [1.82, 2.24) is 15.5 Å².